The second-order valence-electron chi connectivity index (χ2n) is 6.14. The van der Waals surface area contributed by atoms with Gasteiger partial charge in [0.1, 0.15) is 0 Å². The van der Waals surface area contributed by atoms with Crippen molar-refractivity contribution in [1.29, 1.82) is 0 Å². The molecule has 2 aliphatic rings. The first kappa shape index (κ1) is 11.4. The average molecular weight is 210 g/mol. The minimum Gasteiger partial charge on any atom is -0.393 e. The molecule has 0 aromatic rings. The largest absolute Gasteiger partial charge is 0.393 e. The molecule has 1 nitrogen and oxygen atoms in total. The number of aliphatic hydroxyl groups is 1. The first-order valence-electron chi connectivity index (χ1n) is 6.85. The molecule has 2 saturated carbocycles. The van der Waals surface area contributed by atoms with Gasteiger partial charge in [-0.2, -0.15) is 0 Å². The smallest absolute Gasteiger partial charge is 0.0568 e. The average Bonchev–Trinajstić information content (AvgIpc) is 2.23. The standard InChI is InChI=1S/C14H26O/c1-10-3-6-12(7-4-10)13-8-5-11(2)14(15)9-13/h10-15H,3-9H2,1-2H3/t10?,11-,12?,13?,14-/m1/s1. The van der Waals surface area contributed by atoms with E-state index < -0.39 is 0 Å². The summed E-state index contributed by atoms with van der Waals surface area (Å²) in [7, 11) is 0. The summed E-state index contributed by atoms with van der Waals surface area (Å²) in [5.41, 5.74) is 0. The lowest BCUT2D eigenvalue weighted by molar-refractivity contribution is 0.0272. The van der Waals surface area contributed by atoms with Crippen LogP contribution in [0.4, 0.5) is 0 Å². The Kier molecular flexibility index (Phi) is 3.71. The molecule has 1 heteroatoms. The maximum atomic E-state index is 9.93. The summed E-state index contributed by atoms with van der Waals surface area (Å²) in [5, 5.41) is 9.93. The van der Waals surface area contributed by atoms with Crippen molar-refractivity contribution in [3.63, 3.8) is 0 Å². The Bertz CT molecular complexity index is 194. The van der Waals surface area contributed by atoms with E-state index in [1.165, 1.54) is 38.5 Å². The highest BCUT2D eigenvalue weighted by atomic mass is 16.3. The predicted octanol–water partition coefficient (Wildman–Crippen LogP) is 3.61. The van der Waals surface area contributed by atoms with Crippen LogP contribution >= 0.6 is 0 Å². The van der Waals surface area contributed by atoms with Gasteiger partial charge in [-0.25, -0.2) is 0 Å². The van der Waals surface area contributed by atoms with Crippen LogP contribution < -0.4 is 0 Å². The summed E-state index contributed by atoms with van der Waals surface area (Å²) in [6.45, 7) is 4.58. The molecule has 0 heterocycles. The predicted molar refractivity (Wildman–Crippen MR) is 63.6 cm³/mol. The van der Waals surface area contributed by atoms with E-state index in [0.717, 1.165) is 24.2 Å². The molecule has 2 rings (SSSR count). The van der Waals surface area contributed by atoms with Crippen molar-refractivity contribution in [1.82, 2.24) is 0 Å². The third-order valence-electron chi connectivity index (χ3n) is 4.92. The molecule has 1 unspecified atom stereocenters. The van der Waals surface area contributed by atoms with Gasteiger partial charge in [0.15, 0.2) is 0 Å². The van der Waals surface area contributed by atoms with Gasteiger partial charge in [0.2, 0.25) is 0 Å². The molecule has 0 amide bonds. The van der Waals surface area contributed by atoms with Crippen LogP contribution in [-0.2, 0) is 0 Å². The van der Waals surface area contributed by atoms with Crippen LogP contribution in [0.3, 0.4) is 0 Å². The van der Waals surface area contributed by atoms with Crippen LogP contribution in [0.15, 0.2) is 0 Å². The van der Waals surface area contributed by atoms with Crippen molar-refractivity contribution < 1.29 is 5.11 Å². The fourth-order valence-corrected chi connectivity index (χ4v) is 3.52. The Labute approximate surface area is 94.3 Å². The molecule has 0 aromatic carbocycles. The molecule has 0 aliphatic heterocycles. The third kappa shape index (κ3) is 2.75. The maximum absolute atomic E-state index is 9.93. The van der Waals surface area contributed by atoms with Gasteiger partial charge in [-0.15, -0.1) is 0 Å². The molecule has 3 atom stereocenters. The summed E-state index contributed by atoms with van der Waals surface area (Å²) in [4.78, 5) is 0. The van der Waals surface area contributed by atoms with Crippen LogP contribution in [0, 0.1) is 23.7 Å². The van der Waals surface area contributed by atoms with E-state index in [2.05, 4.69) is 13.8 Å². The molecular weight excluding hydrogens is 184 g/mol. The number of aliphatic hydroxyl groups excluding tert-OH is 1. The van der Waals surface area contributed by atoms with Gasteiger partial charge in [0.25, 0.3) is 0 Å². The summed E-state index contributed by atoms with van der Waals surface area (Å²) < 4.78 is 0. The topological polar surface area (TPSA) is 20.2 Å². The zero-order valence-electron chi connectivity index (χ0n) is 10.3. The van der Waals surface area contributed by atoms with Gasteiger partial charge in [-0.1, -0.05) is 26.7 Å². The Morgan fingerprint density at radius 1 is 0.800 bits per heavy atom. The fourth-order valence-electron chi connectivity index (χ4n) is 3.52. The van der Waals surface area contributed by atoms with Crippen molar-refractivity contribution in [3.05, 3.63) is 0 Å². The van der Waals surface area contributed by atoms with Crippen molar-refractivity contribution in [2.24, 2.45) is 23.7 Å². The summed E-state index contributed by atoms with van der Waals surface area (Å²) >= 11 is 0. The monoisotopic (exact) mass is 210 g/mol. The zero-order chi connectivity index (χ0) is 10.8. The van der Waals surface area contributed by atoms with E-state index in [4.69, 9.17) is 0 Å². The minimum absolute atomic E-state index is 0.0110. The lowest BCUT2D eigenvalue weighted by atomic mass is 9.69. The van der Waals surface area contributed by atoms with Gasteiger partial charge in [0, 0.05) is 0 Å². The molecule has 2 fully saturated rings. The molecule has 0 bridgehead atoms. The van der Waals surface area contributed by atoms with Gasteiger partial charge in [-0.3, -0.25) is 0 Å². The highest BCUT2D eigenvalue weighted by molar-refractivity contribution is 4.83. The molecule has 2 aliphatic carbocycles. The minimum atomic E-state index is -0.0110. The molecule has 88 valence electrons. The summed E-state index contributed by atoms with van der Waals surface area (Å²) in [6, 6.07) is 0. The molecule has 0 saturated heterocycles. The van der Waals surface area contributed by atoms with Crippen LogP contribution in [-0.4, -0.2) is 11.2 Å². The first-order valence-corrected chi connectivity index (χ1v) is 6.85. The van der Waals surface area contributed by atoms with E-state index in [1.54, 1.807) is 0 Å². The first-order chi connectivity index (χ1) is 7.16. The Morgan fingerprint density at radius 2 is 1.40 bits per heavy atom. The Balaban J connectivity index is 1.84. The quantitative estimate of drug-likeness (QED) is 0.701. The highest BCUT2D eigenvalue weighted by Gasteiger charge is 2.32. The van der Waals surface area contributed by atoms with E-state index >= 15 is 0 Å². The van der Waals surface area contributed by atoms with Gasteiger partial charge in [-0.05, 0) is 55.8 Å². The zero-order valence-corrected chi connectivity index (χ0v) is 10.3. The third-order valence-corrected chi connectivity index (χ3v) is 4.92. The second-order valence-corrected chi connectivity index (χ2v) is 6.14. The van der Waals surface area contributed by atoms with Gasteiger partial charge < -0.3 is 5.11 Å². The summed E-state index contributed by atoms with van der Waals surface area (Å²) in [5.74, 6) is 3.27. The van der Waals surface area contributed by atoms with Crippen molar-refractivity contribution in [3.8, 4) is 0 Å². The fraction of sp³-hybridized carbons (Fsp3) is 1.00. The van der Waals surface area contributed by atoms with Crippen LogP contribution in [0.25, 0.3) is 0 Å². The van der Waals surface area contributed by atoms with E-state index in [-0.39, 0.29) is 6.10 Å². The van der Waals surface area contributed by atoms with E-state index in [9.17, 15) is 5.11 Å². The van der Waals surface area contributed by atoms with E-state index in [1.807, 2.05) is 0 Å². The van der Waals surface area contributed by atoms with Gasteiger partial charge >= 0.3 is 0 Å². The van der Waals surface area contributed by atoms with Crippen LogP contribution in [0.1, 0.15) is 58.8 Å². The normalized spacial score (nSPS) is 47.8. The second kappa shape index (κ2) is 4.86. The lowest BCUT2D eigenvalue weighted by Gasteiger charge is -2.38. The molecule has 0 radical (unpaired) electrons. The molecule has 0 spiro atoms. The SMILES string of the molecule is CC1CCC(C2CC[C@@H](C)[C@H](O)C2)CC1. The van der Waals surface area contributed by atoms with Crippen molar-refractivity contribution in [2.75, 3.05) is 0 Å². The Hall–Kier alpha value is -0.0400. The Morgan fingerprint density at radius 3 is 2.00 bits per heavy atom. The number of rotatable bonds is 1. The van der Waals surface area contributed by atoms with Crippen LogP contribution in [0.5, 0.6) is 0 Å². The molecule has 0 aromatic heterocycles. The van der Waals surface area contributed by atoms with Crippen molar-refractivity contribution in [2.45, 2.75) is 64.9 Å². The molecular formula is C14H26O. The molecule has 1 N–H and O–H groups in total. The lowest BCUT2D eigenvalue weighted by Crippen LogP contribution is -2.32. The van der Waals surface area contributed by atoms with Crippen LogP contribution in [0.2, 0.25) is 0 Å². The molecule has 15 heavy (non-hydrogen) atoms. The van der Waals surface area contributed by atoms with Crippen molar-refractivity contribution >= 4 is 0 Å². The number of hydrogen-bond donors (Lipinski definition) is 1. The highest BCUT2D eigenvalue weighted by Crippen LogP contribution is 2.41. The van der Waals surface area contributed by atoms with Gasteiger partial charge in [0.05, 0.1) is 6.10 Å². The van der Waals surface area contributed by atoms with E-state index in [0.29, 0.717) is 5.92 Å². The number of hydrogen-bond acceptors (Lipinski definition) is 1. The summed E-state index contributed by atoms with van der Waals surface area (Å²) in [6.07, 6.45) is 9.39. The maximum Gasteiger partial charge on any atom is 0.0568 e.